The molecule has 2 aliphatic heterocycles. The predicted octanol–water partition coefficient (Wildman–Crippen LogP) is 3.85. The van der Waals surface area contributed by atoms with Crippen molar-refractivity contribution in [3.05, 3.63) is 70.3 Å². The smallest absolute Gasteiger partial charge is 0.322 e. The molecule has 0 aliphatic carbocycles. The Bertz CT molecular complexity index is 1110. The number of benzene rings is 1. The maximum atomic E-state index is 13.8. The molecule has 2 atom stereocenters. The van der Waals surface area contributed by atoms with Crippen LogP contribution in [0.1, 0.15) is 44.6 Å². The Morgan fingerprint density at radius 1 is 1.24 bits per heavy atom. The van der Waals surface area contributed by atoms with Crippen molar-refractivity contribution in [2.24, 2.45) is 5.92 Å². The summed E-state index contributed by atoms with van der Waals surface area (Å²) in [6, 6.07) is 9.04. The van der Waals surface area contributed by atoms with Gasteiger partial charge in [-0.25, -0.2) is 4.79 Å². The van der Waals surface area contributed by atoms with E-state index in [1.54, 1.807) is 46.4 Å². The number of rotatable bonds is 8. The van der Waals surface area contributed by atoms with Crippen molar-refractivity contribution >= 4 is 29.4 Å². The van der Waals surface area contributed by atoms with E-state index in [1.807, 2.05) is 26.8 Å². The topological polar surface area (TPSA) is 94.9 Å². The van der Waals surface area contributed by atoms with Crippen molar-refractivity contribution in [3.8, 4) is 0 Å². The van der Waals surface area contributed by atoms with Gasteiger partial charge in [-0.05, 0) is 43.0 Å². The standard InChI is InChI=1S/C25H29ClN4O4/c1-4-29-20-14-30(19(12-15(2)3)23(31)27-13-16-8-7-11-34-16)24(32)21(20)22(28-25(29)33)17-9-5-6-10-18(17)26/h5-11,15,19,22H,4,12-14H2,1-3H3,(H,27,31)(H,28,33). The Morgan fingerprint density at radius 2 is 2.00 bits per heavy atom. The molecule has 2 aliphatic rings. The highest BCUT2D eigenvalue weighted by molar-refractivity contribution is 6.31. The number of carbonyl (C=O) groups excluding carboxylic acids is 3. The highest BCUT2D eigenvalue weighted by Gasteiger charge is 2.47. The van der Waals surface area contributed by atoms with Crippen LogP contribution in [0.3, 0.4) is 0 Å². The third-order valence-electron chi connectivity index (χ3n) is 6.17. The lowest BCUT2D eigenvalue weighted by Gasteiger charge is -2.33. The normalized spacial score (nSPS) is 18.9. The summed E-state index contributed by atoms with van der Waals surface area (Å²) in [7, 11) is 0. The van der Waals surface area contributed by atoms with Gasteiger partial charge in [-0.1, -0.05) is 43.6 Å². The van der Waals surface area contributed by atoms with Crippen LogP contribution in [0.15, 0.2) is 58.3 Å². The largest absolute Gasteiger partial charge is 0.467 e. The van der Waals surface area contributed by atoms with E-state index in [0.29, 0.717) is 40.6 Å². The minimum Gasteiger partial charge on any atom is -0.467 e. The zero-order valence-electron chi connectivity index (χ0n) is 19.5. The molecule has 4 rings (SSSR count). The minimum atomic E-state index is -0.686. The Hall–Kier alpha value is -3.26. The van der Waals surface area contributed by atoms with Crippen LogP contribution in [0.5, 0.6) is 0 Å². The first kappa shape index (κ1) is 23.9. The van der Waals surface area contributed by atoms with Gasteiger partial charge in [0.15, 0.2) is 0 Å². The van der Waals surface area contributed by atoms with Gasteiger partial charge in [0.25, 0.3) is 5.91 Å². The Labute approximate surface area is 203 Å². The first-order valence-electron chi connectivity index (χ1n) is 11.5. The first-order valence-corrected chi connectivity index (χ1v) is 11.9. The second kappa shape index (κ2) is 9.93. The quantitative estimate of drug-likeness (QED) is 0.595. The Kier molecular flexibility index (Phi) is 6.97. The molecule has 180 valence electrons. The van der Waals surface area contributed by atoms with Crippen molar-refractivity contribution in [2.45, 2.75) is 45.8 Å². The molecule has 2 aromatic rings. The summed E-state index contributed by atoms with van der Waals surface area (Å²) in [5.74, 6) is 0.283. The molecule has 0 radical (unpaired) electrons. The summed E-state index contributed by atoms with van der Waals surface area (Å²) in [5, 5.41) is 6.29. The first-order chi connectivity index (χ1) is 16.3. The zero-order valence-corrected chi connectivity index (χ0v) is 20.3. The average Bonchev–Trinajstić information content (AvgIpc) is 3.44. The maximum absolute atomic E-state index is 13.8. The second-order valence-electron chi connectivity index (χ2n) is 8.88. The molecule has 2 unspecified atom stereocenters. The van der Waals surface area contributed by atoms with Crippen LogP contribution >= 0.6 is 11.6 Å². The van der Waals surface area contributed by atoms with Gasteiger partial charge in [0.2, 0.25) is 5.91 Å². The van der Waals surface area contributed by atoms with E-state index >= 15 is 0 Å². The molecule has 0 saturated heterocycles. The van der Waals surface area contributed by atoms with Gasteiger partial charge in [0, 0.05) is 11.6 Å². The zero-order chi connectivity index (χ0) is 24.4. The number of hydrogen-bond donors (Lipinski definition) is 2. The maximum Gasteiger partial charge on any atom is 0.322 e. The van der Waals surface area contributed by atoms with Gasteiger partial charge in [-0.15, -0.1) is 0 Å². The summed E-state index contributed by atoms with van der Waals surface area (Å²) in [4.78, 5) is 43.1. The summed E-state index contributed by atoms with van der Waals surface area (Å²) < 4.78 is 5.31. The van der Waals surface area contributed by atoms with Crippen molar-refractivity contribution in [2.75, 3.05) is 13.1 Å². The fourth-order valence-electron chi connectivity index (χ4n) is 4.57. The number of carbonyl (C=O) groups is 3. The molecule has 3 heterocycles. The Morgan fingerprint density at radius 3 is 2.65 bits per heavy atom. The van der Waals surface area contributed by atoms with Gasteiger partial charge in [0.05, 0.1) is 36.7 Å². The number of nitrogens with zero attached hydrogens (tertiary/aromatic N) is 2. The third kappa shape index (κ3) is 4.55. The van der Waals surface area contributed by atoms with Crippen LogP contribution in [-0.2, 0) is 16.1 Å². The molecule has 0 bridgehead atoms. The summed E-state index contributed by atoms with van der Waals surface area (Å²) >= 11 is 6.44. The van der Waals surface area contributed by atoms with Gasteiger partial charge in [-0.3, -0.25) is 14.5 Å². The van der Waals surface area contributed by atoms with E-state index in [-0.39, 0.29) is 36.9 Å². The molecule has 8 nitrogen and oxygen atoms in total. The van der Waals surface area contributed by atoms with E-state index in [0.717, 1.165) is 0 Å². The van der Waals surface area contributed by atoms with Crippen molar-refractivity contribution < 1.29 is 18.8 Å². The number of likely N-dealkylation sites (N-methyl/N-ethyl adjacent to an activating group) is 1. The van der Waals surface area contributed by atoms with Crippen molar-refractivity contribution in [1.29, 1.82) is 0 Å². The summed E-state index contributed by atoms with van der Waals surface area (Å²) in [5.41, 5.74) is 1.73. The van der Waals surface area contributed by atoms with Crippen LogP contribution in [-0.4, -0.2) is 46.8 Å². The monoisotopic (exact) mass is 484 g/mol. The Balaban J connectivity index is 1.66. The lowest BCUT2D eigenvalue weighted by Crippen LogP contribution is -2.49. The SMILES string of the molecule is CCN1C(=O)NC(c2ccccc2Cl)C2=C1CN(C(CC(C)C)C(=O)NCc1ccco1)C2=O. The number of nitrogens with one attached hydrogen (secondary N) is 2. The van der Waals surface area contributed by atoms with Gasteiger partial charge in [-0.2, -0.15) is 0 Å². The highest BCUT2D eigenvalue weighted by Crippen LogP contribution is 2.39. The lowest BCUT2D eigenvalue weighted by molar-refractivity contribution is -0.137. The third-order valence-corrected chi connectivity index (χ3v) is 6.52. The van der Waals surface area contributed by atoms with Crippen LogP contribution in [0.4, 0.5) is 4.79 Å². The molecule has 2 N–H and O–H groups in total. The second-order valence-corrected chi connectivity index (χ2v) is 9.29. The van der Waals surface area contributed by atoms with Crippen LogP contribution in [0.2, 0.25) is 5.02 Å². The molecule has 0 saturated carbocycles. The summed E-state index contributed by atoms with van der Waals surface area (Å²) in [6.45, 7) is 6.70. The average molecular weight is 485 g/mol. The van der Waals surface area contributed by atoms with Crippen molar-refractivity contribution in [1.82, 2.24) is 20.4 Å². The van der Waals surface area contributed by atoms with E-state index in [2.05, 4.69) is 10.6 Å². The molecule has 34 heavy (non-hydrogen) atoms. The predicted molar refractivity (Wildman–Crippen MR) is 128 cm³/mol. The van der Waals surface area contributed by atoms with Gasteiger partial charge >= 0.3 is 6.03 Å². The molecule has 1 aromatic heterocycles. The number of amides is 4. The molecule has 9 heteroatoms. The minimum absolute atomic E-state index is 0.172. The molecular formula is C25H29ClN4O4. The summed E-state index contributed by atoms with van der Waals surface area (Å²) in [6.07, 6.45) is 2.04. The molecule has 1 aromatic carbocycles. The molecule has 0 fully saturated rings. The fraction of sp³-hybridized carbons (Fsp3) is 0.400. The molecule has 0 spiro atoms. The number of urea groups is 1. The van der Waals surface area contributed by atoms with Crippen LogP contribution in [0.25, 0.3) is 0 Å². The van der Waals surface area contributed by atoms with E-state index in [4.69, 9.17) is 16.0 Å². The fourth-order valence-corrected chi connectivity index (χ4v) is 4.81. The van der Waals surface area contributed by atoms with Crippen molar-refractivity contribution in [3.63, 3.8) is 0 Å². The lowest BCUT2D eigenvalue weighted by atomic mass is 9.95. The number of hydrogen-bond acceptors (Lipinski definition) is 4. The van der Waals surface area contributed by atoms with E-state index in [9.17, 15) is 14.4 Å². The van der Waals surface area contributed by atoms with E-state index in [1.165, 1.54) is 0 Å². The van der Waals surface area contributed by atoms with Gasteiger partial charge in [0.1, 0.15) is 11.8 Å². The van der Waals surface area contributed by atoms with E-state index < -0.39 is 12.1 Å². The van der Waals surface area contributed by atoms with Gasteiger partial charge < -0.3 is 20.0 Å². The van der Waals surface area contributed by atoms with Crippen LogP contribution in [0, 0.1) is 5.92 Å². The van der Waals surface area contributed by atoms with Crippen LogP contribution < -0.4 is 10.6 Å². The number of halogens is 1. The molecular weight excluding hydrogens is 456 g/mol. The number of furan rings is 1. The highest BCUT2D eigenvalue weighted by atomic mass is 35.5. The molecule has 4 amide bonds.